The molecule has 3 N–H and O–H groups in total. The Balaban J connectivity index is 1.91. The monoisotopic (exact) mass is 272 g/mol. The number of amides is 1. The zero-order valence-electron chi connectivity index (χ0n) is 10.5. The Kier molecular flexibility index (Phi) is 4.26. The van der Waals surface area contributed by atoms with Gasteiger partial charge in [-0.3, -0.25) is 10.2 Å². The van der Waals surface area contributed by atoms with E-state index >= 15 is 0 Å². The Labute approximate surface area is 114 Å². The van der Waals surface area contributed by atoms with Gasteiger partial charge in [0.15, 0.2) is 0 Å². The molecule has 0 fully saturated rings. The van der Waals surface area contributed by atoms with Crippen molar-refractivity contribution in [3.63, 3.8) is 0 Å². The van der Waals surface area contributed by atoms with E-state index in [0.29, 0.717) is 24.5 Å². The minimum absolute atomic E-state index is 0.117. The van der Waals surface area contributed by atoms with E-state index < -0.39 is 0 Å². The molecule has 8 heteroatoms. The van der Waals surface area contributed by atoms with Crippen molar-refractivity contribution in [1.82, 2.24) is 20.2 Å². The van der Waals surface area contributed by atoms with E-state index in [4.69, 9.17) is 15.8 Å². The van der Waals surface area contributed by atoms with Crippen molar-refractivity contribution in [1.29, 1.82) is 5.26 Å². The third-order valence-corrected chi connectivity index (χ3v) is 2.45. The third kappa shape index (κ3) is 3.30. The molecule has 20 heavy (non-hydrogen) atoms. The molecule has 0 bridgehead atoms. The Bertz CT molecular complexity index is 645. The number of nitriles is 1. The highest BCUT2D eigenvalue weighted by molar-refractivity contribution is 5.94. The summed E-state index contributed by atoms with van der Waals surface area (Å²) in [7, 11) is 0. The number of hydrogen-bond acceptors (Lipinski definition) is 6. The fourth-order valence-electron chi connectivity index (χ4n) is 1.52. The van der Waals surface area contributed by atoms with Crippen molar-refractivity contribution < 1.29 is 9.53 Å². The largest absolute Gasteiger partial charge is 0.492 e. The molecule has 8 nitrogen and oxygen atoms in total. The Morgan fingerprint density at radius 2 is 2.40 bits per heavy atom. The lowest BCUT2D eigenvalue weighted by atomic mass is 10.2. The molecule has 0 spiro atoms. The van der Waals surface area contributed by atoms with Crippen LogP contribution in [0.1, 0.15) is 16.2 Å². The Hall–Kier alpha value is -2.92. The number of benzene rings is 1. The van der Waals surface area contributed by atoms with Gasteiger partial charge in [-0.2, -0.15) is 5.26 Å². The Morgan fingerprint density at radius 1 is 1.55 bits per heavy atom. The highest BCUT2D eigenvalue weighted by Gasteiger charge is 2.05. The summed E-state index contributed by atoms with van der Waals surface area (Å²) in [6, 6.07) is 8.49. The lowest BCUT2D eigenvalue weighted by Gasteiger charge is -2.07. The number of nitrogens with two attached hydrogens (primary N) is 1. The number of ether oxygens (including phenoxy) is 1. The fourth-order valence-corrected chi connectivity index (χ4v) is 1.52. The molecule has 2 aromatic rings. The maximum atomic E-state index is 11.4. The summed E-state index contributed by atoms with van der Waals surface area (Å²) in [5.74, 6) is 5.34. The van der Waals surface area contributed by atoms with Crippen LogP contribution in [0.5, 0.6) is 5.75 Å². The van der Waals surface area contributed by atoms with Crippen LogP contribution in [0.2, 0.25) is 0 Å². The predicted octanol–water partition coefficient (Wildman–Crippen LogP) is -0.168. The molecular formula is C12H12N6O2. The number of carbonyl (C=O) groups excluding carboxylic acids is 1. The first-order chi connectivity index (χ1) is 9.72. The highest BCUT2D eigenvalue weighted by Crippen LogP contribution is 2.13. The van der Waals surface area contributed by atoms with Crippen LogP contribution < -0.4 is 16.0 Å². The standard InChI is InChI=1S/C12H12N6O2/c13-7-11-15-8-18(17-11)4-5-20-10-3-1-2-9(6-10)12(19)16-14/h1-3,6,8H,4-5,14H2,(H,16,19). The van der Waals surface area contributed by atoms with Crippen LogP contribution in [-0.4, -0.2) is 27.3 Å². The minimum atomic E-state index is -0.384. The van der Waals surface area contributed by atoms with Crippen LogP contribution in [-0.2, 0) is 6.54 Å². The van der Waals surface area contributed by atoms with Crippen molar-refractivity contribution in [2.45, 2.75) is 6.54 Å². The van der Waals surface area contributed by atoms with Gasteiger partial charge >= 0.3 is 0 Å². The predicted molar refractivity (Wildman–Crippen MR) is 68.3 cm³/mol. The normalized spacial score (nSPS) is 9.80. The van der Waals surface area contributed by atoms with Crippen LogP contribution in [0.3, 0.4) is 0 Å². The molecule has 0 aliphatic rings. The molecule has 102 valence electrons. The first-order valence-corrected chi connectivity index (χ1v) is 5.76. The number of hydrogen-bond donors (Lipinski definition) is 2. The average Bonchev–Trinajstić information content (AvgIpc) is 2.95. The molecule has 0 saturated heterocycles. The maximum absolute atomic E-state index is 11.4. The first kappa shape index (κ1) is 13.5. The zero-order chi connectivity index (χ0) is 14.4. The summed E-state index contributed by atoms with van der Waals surface area (Å²) < 4.78 is 7.00. The number of nitrogen functional groups attached to an aromatic ring is 1. The number of rotatable bonds is 5. The van der Waals surface area contributed by atoms with Crippen LogP contribution in [0.25, 0.3) is 0 Å². The van der Waals surface area contributed by atoms with Crippen molar-refractivity contribution >= 4 is 5.91 Å². The lowest BCUT2D eigenvalue weighted by molar-refractivity contribution is 0.0953. The second-order valence-corrected chi connectivity index (χ2v) is 3.79. The molecule has 1 aromatic carbocycles. The first-order valence-electron chi connectivity index (χ1n) is 5.76. The van der Waals surface area contributed by atoms with Gasteiger partial charge in [-0.1, -0.05) is 6.07 Å². The van der Waals surface area contributed by atoms with Gasteiger partial charge in [-0.05, 0) is 18.2 Å². The van der Waals surface area contributed by atoms with Gasteiger partial charge in [0.1, 0.15) is 24.8 Å². The van der Waals surface area contributed by atoms with Crippen LogP contribution in [0.15, 0.2) is 30.6 Å². The van der Waals surface area contributed by atoms with E-state index in [1.807, 2.05) is 6.07 Å². The van der Waals surface area contributed by atoms with Crippen molar-refractivity contribution in [2.24, 2.45) is 5.84 Å². The summed E-state index contributed by atoms with van der Waals surface area (Å²) in [6.07, 6.45) is 1.46. The summed E-state index contributed by atoms with van der Waals surface area (Å²) in [5.41, 5.74) is 2.47. The van der Waals surface area contributed by atoms with Gasteiger partial charge in [0.05, 0.1) is 6.54 Å². The number of carbonyl (C=O) groups is 1. The summed E-state index contributed by atoms with van der Waals surface area (Å²) in [4.78, 5) is 15.1. The smallest absolute Gasteiger partial charge is 0.265 e. The molecule has 0 radical (unpaired) electrons. The quantitative estimate of drug-likeness (QED) is 0.443. The van der Waals surface area contributed by atoms with Crippen LogP contribution in [0.4, 0.5) is 0 Å². The SMILES string of the molecule is N#Cc1ncn(CCOc2cccc(C(=O)NN)c2)n1. The average molecular weight is 272 g/mol. The molecule has 1 aromatic heterocycles. The summed E-state index contributed by atoms with van der Waals surface area (Å²) in [5, 5.41) is 12.5. The van der Waals surface area contributed by atoms with E-state index in [1.165, 1.54) is 11.0 Å². The van der Waals surface area contributed by atoms with Gasteiger partial charge in [0, 0.05) is 5.56 Å². The van der Waals surface area contributed by atoms with Crippen molar-refractivity contribution in [3.05, 3.63) is 42.0 Å². The van der Waals surface area contributed by atoms with E-state index in [1.54, 1.807) is 24.3 Å². The number of aromatic nitrogens is 3. The molecule has 1 amide bonds. The topological polar surface area (TPSA) is 119 Å². The number of nitrogens with one attached hydrogen (secondary N) is 1. The zero-order valence-corrected chi connectivity index (χ0v) is 10.5. The van der Waals surface area contributed by atoms with E-state index in [0.717, 1.165) is 0 Å². The van der Waals surface area contributed by atoms with Crippen LogP contribution in [0, 0.1) is 11.3 Å². The van der Waals surface area contributed by atoms with Gasteiger partial charge in [-0.15, -0.1) is 5.10 Å². The van der Waals surface area contributed by atoms with Gasteiger partial charge in [0.25, 0.3) is 11.7 Å². The minimum Gasteiger partial charge on any atom is -0.492 e. The third-order valence-electron chi connectivity index (χ3n) is 2.45. The number of nitrogens with zero attached hydrogens (tertiary/aromatic N) is 4. The molecular weight excluding hydrogens is 260 g/mol. The van der Waals surface area contributed by atoms with E-state index in [2.05, 4.69) is 15.5 Å². The number of hydrazine groups is 1. The molecule has 0 aliphatic heterocycles. The fraction of sp³-hybridized carbons (Fsp3) is 0.167. The van der Waals surface area contributed by atoms with E-state index in [9.17, 15) is 4.79 Å². The maximum Gasteiger partial charge on any atom is 0.265 e. The molecule has 0 aliphatic carbocycles. The van der Waals surface area contributed by atoms with Crippen molar-refractivity contribution in [2.75, 3.05) is 6.61 Å². The molecule has 0 unspecified atom stereocenters. The van der Waals surface area contributed by atoms with Gasteiger partial charge < -0.3 is 4.74 Å². The molecule has 1 heterocycles. The summed E-state index contributed by atoms with van der Waals surface area (Å²) >= 11 is 0. The molecule has 0 atom stereocenters. The second kappa shape index (κ2) is 6.31. The second-order valence-electron chi connectivity index (χ2n) is 3.79. The lowest BCUT2D eigenvalue weighted by Crippen LogP contribution is -2.29. The summed E-state index contributed by atoms with van der Waals surface area (Å²) in [6.45, 7) is 0.782. The highest BCUT2D eigenvalue weighted by atomic mass is 16.5. The van der Waals surface area contributed by atoms with Crippen LogP contribution >= 0.6 is 0 Å². The van der Waals surface area contributed by atoms with Crippen molar-refractivity contribution in [3.8, 4) is 11.8 Å². The Morgan fingerprint density at radius 3 is 3.10 bits per heavy atom. The van der Waals surface area contributed by atoms with Gasteiger partial charge in [-0.25, -0.2) is 15.5 Å². The van der Waals surface area contributed by atoms with E-state index in [-0.39, 0.29) is 11.7 Å². The van der Waals surface area contributed by atoms with Gasteiger partial charge in [0.2, 0.25) is 0 Å². The molecule has 0 saturated carbocycles. The molecule has 2 rings (SSSR count).